The van der Waals surface area contributed by atoms with Gasteiger partial charge in [-0.1, -0.05) is 11.6 Å². The first kappa shape index (κ1) is 15.8. The molecule has 2 rings (SSSR count). The zero-order valence-electron chi connectivity index (χ0n) is 10.6. The summed E-state index contributed by atoms with van der Waals surface area (Å²) in [5.74, 6) is 0.662. The summed E-state index contributed by atoms with van der Waals surface area (Å²) in [6, 6.07) is 10.6. The first-order chi connectivity index (χ1) is 9.52. The van der Waals surface area contributed by atoms with Gasteiger partial charge in [-0.2, -0.15) is 0 Å². The van der Waals surface area contributed by atoms with Gasteiger partial charge in [0.2, 0.25) is 0 Å². The molecule has 0 bridgehead atoms. The quantitative estimate of drug-likeness (QED) is 0.450. The normalized spacial score (nSPS) is 10.4. The molecule has 104 valence electrons. The van der Waals surface area contributed by atoms with Crippen molar-refractivity contribution in [3.8, 4) is 5.75 Å². The van der Waals surface area contributed by atoms with E-state index in [1.165, 1.54) is 0 Å². The van der Waals surface area contributed by atoms with Crippen molar-refractivity contribution >= 4 is 55.9 Å². The number of hydrogen-bond acceptors (Lipinski definition) is 2. The maximum atomic E-state index is 12.5. The summed E-state index contributed by atoms with van der Waals surface area (Å²) in [6.45, 7) is 2.51. The molecule has 2 nitrogen and oxygen atoms in total. The third-order valence-electron chi connectivity index (χ3n) is 2.68. The standard InChI is InChI=1S/C15H11BrClIO2/c1-2-20-10-4-5-11(12(16)8-10)15(19)9-3-6-14(18)13(17)7-9/h3-8H,2H2,1H3. The van der Waals surface area contributed by atoms with Crippen LogP contribution in [0.25, 0.3) is 0 Å². The van der Waals surface area contributed by atoms with Gasteiger partial charge in [-0.3, -0.25) is 4.79 Å². The minimum atomic E-state index is -0.0711. The fourth-order valence-corrected chi connectivity index (χ4v) is 2.78. The number of benzene rings is 2. The molecule has 0 aliphatic carbocycles. The van der Waals surface area contributed by atoms with E-state index in [9.17, 15) is 4.79 Å². The topological polar surface area (TPSA) is 26.3 Å². The van der Waals surface area contributed by atoms with Gasteiger partial charge in [0.05, 0.1) is 11.6 Å². The van der Waals surface area contributed by atoms with E-state index in [1.54, 1.807) is 30.3 Å². The molecule has 0 N–H and O–H groups in total. The van der Waals surface area contributed by atoms with Crippen molar-refractivity contribution in [1.29, 1.82) is 0 Å². The lowest BCUT2D eigenvalue weighted by atomic mass is 10.0. The summed E-state index contributed by atoms with van der Waals surface area (Å²) < 4.78 is 7.03. The molecule has 2 aromatic rings. The van der Waals surface area contributed by atoms with Gasteiger partial charge in [0, 0.05) is 19.2 Å². The van der Waals surface area contributed by atoms with Crippen LogP contribution in [-0.4, -0.2) is 12.4 Å². The first-order valence-electron chi connectivity index (χ1n) is 5.95. The maximum absolute atomic E-state index is 12.5. The second-order valence-electron chi connectivity index (χ2n) is 4.03. The molecule has 0 radical (unpaired) electrons. The van der Waals surface area contributed by atoms with Crippen molar-refractivity contribution in [2.75, 3.05) is 6.61 Å². The highest BCUT2D eigenvalue weighted by molar-refractivity contribution is 14.1. The van der Waals surface area contributed by atoms with Crippen molar-refractivity contribution < 1.29 is 9.53 Å². The molecule has 0 amide bonds. The molecular weight excluding hydrogens is 454 g/mol. The largest absolute Gasteiger partial charge is 0.494 e. The van der Waals surface area contributed by atoms with Gasteiger partial charge in [-0.15, -0.1) is 0 Å². The van der Waals surface area contributed by atoms with Crippen LogP contribution in [0, 0.1) is 3.57 Å². The second kappa shape index (κ2) is 6.91. The molecule has 5 heteroatoms. The molecule has 0 aliphatic heterocycles. The van der Waals surface area contributed by atoms with Gasteiger partial charge < -0.3 is 4.74 Å². The third-order valence-corrected chi connectivity index (χ3v) is 4.91. The van der Waals surface area contributed by atoms with Crippen LogP contribution in [0.3, 0.4) is 0 Å². The smallest absolute Gasteiger partial charge is 0.194 e. The van der Waals surface area contributed by atoms with Crippen molar-refractivity contribution in [2.24, 2.45) is 0 Å². The number of rotatable bonds is 4. The van der Waals surface area contributed by atoms with Crippen LogP contribution in [0.5, 0.6) is 5.75 Å². The van der Waals surface area contributed by atoms with E-state index < -0.39 is 0 Å². The molecule has 0 aromatic heterocycles. The van der Waals surface area contributed by atoms with Crippen molar-refractivity contribution in [3.05, 3.63) is 60.6 Å². The zero-order valence-corrected chi connectivity index (χ0v) is 15.1. The fourth-order valence-electron chi connectivity index (χ4n) is 1.73. The van der Waals surface area contributed by atoms with E-state index in [2.05, 4.69) is 38.5 Å². The Kier molecular flexibility index (Phi) is 5.46. The van der Waals surface area contributed by atoms with Crippen LogP contribution in [-0.2, 0) is 0 Å². The Morgan fingerprint density at radius 2 is 2.05 bits per heavy atom. The van der Waals surface area contributed by atoms with Crippen molar-refractivity contribution in [3.63, 3.8) is 0 Å². The van der Waals surface area contributed by atoms with Gasteiger partial charge in [-0.05, 0) is 81.8 Å². The number of hydrogen-bond donors (Lipinski definition) is 0. The molecule has 0 spiro atoms. The summed E-state index contributed by atoms with van der Waals surface area (Å²) in [4.78, 5) is 12.5. The van der Waals surface area contributed by atoms with E-state index in [1.807, 2.05) is 13.0 Å². The predicted octanol–water partition coefficient (Wildman–Crippen LogP) is 5.34. The Morgan fingerprint density at radius 1 is 1.30 bits per heavy atom. The number of carbonyl (C=O) groups excluding carboxylic acids is 1. The molecule has 2 aromatic carbocycles. The van der Waals surface area contributed by atoms with E-state index in [0.717, 1.165) is 9.32 Å². The van der Waals surface area contributed by atoms with Crippen LogP contribution in [0.4, 0.5) is 0 Å². The average Bonchev–Trinajstić information content (AvgIpc) is 2.42. The summed E-state index contributed by atoms with van der Waals surface area (Å²) in [5.41, 5.74) is 1.16. The maximum Gasteiger partial charge on any atom is 0.194 e. The molecule has 0 aliphatic rings. The third kappa shape index (κ3) is 3.54. The molecule has 0 saturated heterocycles. The minimum absolute atomic E-state index is 0.0711. The average molecular weight is 466 g/mol. The fraction of sp³-hybridized carbons (Fsp3) is 0.133. The van der Waals surface area contributed by atoms with Gasteiger partial charge in [-0.25, -0.2) is 0 Å². The summed E-state index contributed by atoms with van der Waals surface area (Å²) in [6.07, 6.45) is 0. The lowest BCUT2D eigenvalue weighted by Crippen LogP contribution is -2.03. The lowest BCUT2D eigenvalue weighted by molar-refractivity contribution is 0.103. The van der Waals surface area contributed by atoms with Crippen molar-refractivity contribution in [1.82, 2.24) is 0 Å². The van der Waals surface area contributed by atoms with E-state index in [4.69, 9.17) is 16.3 Å². The molecule has 0 heterocycles. The van der Waals surface area contributed by atoms with Crippen molar-refractivity contribution in [2.45, 2.75) is 6.92 Å². The van der Waals surface area contributed by atoms with Crippen LogP contribution in [0.15, 0.2) is 40.9 Å². The van der Waals surface area contributed by atoms with Crippen LogP contribution in [0.2, 0.25) is 5.02 Å². The monoisotopic (exact) mass is 464 g/mol. The molecule has 0 fully saturated rings. The Morgan fingerprint density at radius 3 is 2.65 bits per heavy atom. The Hall–Kier alpha value is -0.590. The molecule has 0 saturated carbocycles. The highest BCUT2D eigenvalue weighted by Crippen LogP contribution is 2.27. The molecule has 20 heavy (non-hydrogen) atoms. The summed E-state index contributed by atoms with van der Waals surface area (Å²) in [7, 11) is 0. The molecular formula is C15H11BrClIO2. The van der Waals surface area contributed by atoms with E-state index in [0.29, 0.717) is 27.2 Å². The van der Waals surface area contributed by atoms with E-state index >= 15 is 0 Å². The lowest BCUT2D eigenvalue weighted by Gasteiger charge is -2.08. The summed E-state index contributed by atoms with van der Waals surface area (Å²) in [5, 5.41) is 0.582. The van der Waals surface area contributed by atoms with Crippen LogP contribution in [0.1, 0.15) is 22.8 Å². The predicted molar refractivity (Wildman–Crippen MR) is 92.9 cm³/mol. The van der Waals surface area contributed by atoms with Gasteiger partial charge in [0.25, 0.3) is 0 Å². The van der Waals surface area contributed by atoms with Gasteiger partial charge >= 0.3 is 0 Å². The van der Waals surface area contributed by atoms with Gasteiger partial charge in [0.1, 0.15) is 5.75 Å². The minimum Gasteiger partial charge on any atom is -0.494 e. The number of ether oxygens (including phenoxy) is 1. The number of halogens is 3. The Labute approximate surface area is 144 Å². The zero-order chi connectivity index (χ0) is 14.7. The highest BCUT2D eigenvalue weighted by Gasteiger charge is 2.14. The molecule has 0 atom stereocenters. The van der Waals surface area contributed by atoms with Crippen LogP contribution >= 0.6 is 50.1 Å². The number of ketones is 1. The summed E-state index contributed by atoms with van der Waals surface area (Å²) >= 11 is 11.6. The highest BCUT2D eigenvalue weighted by atomic mass is 127. The SMILES string of the molecule is CCOc1ccc(C(=O)c2ccc(I)c(Cl)c2)c(Br)c1. The van der Waals surface area contributed by atoms with E-state index in [-0.39, 0.29) is 5.78 Å². The second-order valence-corrected chi connectivity index (χ2v) is 6.46. The molecule has 0 unspecified atom stereocenters. The Bertz CT molecular complexity index is 658. The van der Waals surface area contributed by atoms with Crippen LogP contribution < -0.4 is 4.74 Å². The first-order valence-corrected chi connectivity index (χ1v) is 8.20. The Balaban J connectivity index is 2.35. The van der Waals surface area contributed by atoms with Gasteiger partial charge in [0.15, 0.2) is 5.78 Å². The number of carbonyl (C=O) groups is 1.